The third kappa shape index (κ3) is 5.04. The van der Waals surface area contributed by atoms with Gasteiger partial charge < -0.3 is 4.74 Å². The van der Waals surface area contributed by atoms with E-state index in [-0.39, 0.29) is 12.5 Å². The molecular weight excluding hydrogens is 284 g/mol. The summed E-state index contributed by atoms with van der Waals surface area (Å²) in [7, 11) is 0. The van der Waals surface area contributed by atoms with Crippen LogP contribution < -0.4 is 10.2 Å². The Morgan fingerprint density at radius 1 is 1.43 bits per heavy atom. The molecule has 21 heavy (non-hydrogen) atoms. The minimum absolute atomic E-state index is 0.0480. The highest BCUT2D eigenvalue weighted by molar-refractivity contribution is 7.08. The Bertz CT molecular complexity index is 621. The predicted molar refractivity (Wildman–Crippen MR) is 86.1 cm³/mol. The molecule has 0 bridgehead atoms. The molecule has 1 amide bonds. The molecule has 4 nitrogen and oxygen atoms in total. The fourth-order valence-corrected chi connectivity index (χ4v) is 2.43. The number of amides is 1. The van der Waals surface area contributed by atoms with E-state index < -0.39 is 0 Å². The monoisotopic (exact) mass is 302 g/mol. The van der Waals surface area contributed by atoms with Gasteiger partial charge in [0.05, 0.1) is 6.21 Å². The molecular formula is C16H18N2O2S. The van der Waals surface area contributed by atoms with Crippen LogP contribution in [0.4, 0.5) is 0 Å². The van der Waals surface area contributed by atoms with Crippen LogP contribution in [0.3, 0.4) is 0 Å². The van der Waals surface area contributed by atoms with E-state index in [2.05, 4.69) is 23.5 Å². The fraction of sp³-hybridized carbons (Fsp3) is 0.250. The number of aryl methyl sites for hydroxylation is 2. The largest absolute Gasteiger partial charge is 0.484 e. The summed E-state index contributed by atoms with van der Waals surface area (Å²) in [5.74, 6) is 0.435. The lowest BCUT2D eigenvalue weighted by molar-refractivity contribution is -0.123. The Balaban J connectivity index is 1.82. The molecule has 0 saturated carbocycles. The van der Waals surface area contributed by atoms with Crippen molar-refractivity contribution in [3.8, 4) is 5.75 Å². The first-order chi connectivity index (χ1) is 10.2. The van der Waals surface area contributed by atoms with Crippen LogP contribution in [0.2, 0.25) is 0 Å². The van der Waals surface area contributed by atoms with Gasteiger partial charge in [-0.15, -0.1) is 0 Å². The maximum atomic E-state index is 11.6. The first-order valence-electron chi connectivity index (χ1n) is 6.75. The number of benzene rings is 1. The Labute approximate surface area is 128 Å². The van der Waals surface area contributed by atoms with Crippen LogP contribution in [0.25, 0.3) is 0 Å². The van der Waals surface area contributed by atoms with Gasteiger partial charge in [0.2, 0.25) is 0 Å². The highest BCUT2D eigenvalue weighted by Gasteiger charge is 2.03. The van der Waals surface area contributed by atoms with E-state index in [1.807, 2.05) is 35.9 Å². The van der Waals surface area contributed by atoms with Crippen LogP contribution in [-0.4, -0.2) is 18.7 Å². The molecule has 0 atom stereocenters. The van der Waals surface area contributed by atoms with Crippen molar-refractivity contribution < 1.29 is 9.53 Å². The lowest BCUT2D eigenvalue weighted by Crippen LogP contribution is -2.24. The van der Waals surface area contributed by atoms with Crippen molar-refractivity contribution in [3.63, 3.8) is 0 Å². The lowest BCUT2D eigenvalue weighted by atomic mass is 10.1. The van der Waals surface area contributed by atoms with Gasteiger partial charge in [0.1, 0.15) is 5.75 Å². The van der Waals surface area contributed by atoms with Crippen LogP contribution in [0.15, 0.2) is 40.1 Å². The second-order valence-corrected chi connectivity index (χ2v) is 5.43. The Morgan fingerprint density at radius 3 is 3.00 bits per heavy atom. The van der Waals surface area contributed by atoms with Crippen molar-refractivity contribution >= 4 is 23.5 Å². The molecule has 2 rings (SSSR count). The predicted octanol–water partition coefficient (Wildman–Crippen LogP) is 3.15. The van der Waals surface area contributed by atoms with Gasteiger partial charge in [-0.2, -0.15) is 16.4 Å². The lowest BCUT2D eigenvalue weighted by Gasteiger charge is -2.08. The van der Waals surface area contributed by atoms with E-state index in [0.717, 1.165) is 17.5 Å². The molecule has 0 unspecified atom stereocenters. The zero-order chi connectivity index (χ0) is 15.1. The molecule has 0 fully saturated rings. The second-order valence-electron chi connectivity index (χ2n) is 4.65. The summed E-state index contributed by atoms with van der Waals surface area (Å²) >= 11 is 1.58. The van der Waals surface area contributed by atoms with Crippen LogP contribution in [0.1, 0.15) is 23.6 Å². The van der Waals surface area contributed by atoms with Crippen LogP contribution >= 0.6 is 11.3 Å². The van der Waals surface area contributed by atoms with E-state index in [1.165, 1.54) is 5.56 Å². The Hall–Kier alpha value is -2.14. The number of nitrogens with zero attached hydrogens (tertiary/aromatic N) is 1. The summed E-state index contributed by atoms with van der Waals surface area (Å²) in [5, 5.41) is 7.78. The van der Waals surface area contributed by atoms with Crippen LogP contribution in [-0.2, 0) is 11.2 Å². The van der Waals surface area contributed by atoms with Crippen LogP contribution in [0.5, 0.6) is 5.75 Å². The summed E-state index contributed by atoms with van der Waals surface area (Å²) in [4.78, 5) is 11.6. The highest BCUT2D eigenvalue weighted by atomic mass is 32.1. The van der Waals surface area contributed by atoms with Gasteiger partial charge >= 0.3 is 0 Å². The number of carbonyl (C=O) groups excluding carboxylic acids is 1. The Kier molecular flexibility index (Phi) is 5.51. The van der Waals surface area contributed by atoms with Crippen LogP contribution in [0, 0.1) is 6.92 Å². The zero-order valence-corrected chi connectivity index (χ0v) is 12.9. The number of nitrogens with one attached hydrogen (secondary N) is 1. The first-order valence-corrected chi connectivity index (χ1v) is 7.69. The number of thiophene rings is 1. The number of rotatable bonds is 6. The molecule has 1 aromatic heterocycles. The molecule has 0 aliphatic carbocycles. The van der Waals surface area contributed by atoms with E-state index in [0.29, 0.717) is 5.75 Å². The minimum atomic E-state index is -0.277. The second kappa shape index (κ2) is 7.59. The van der Waals surface area contributed by atoms with Gasteiger partial charge in [-0.1, -0.05) is 13.0 Å². The SMILES string of the molecule is CCc1cc(C)cc(OCC(=O)N/N=C/c2ccsc2)c1. The average molecular weight is 302 g/mol. The van der Waals surface area contributed by atoms with Crippen molar-refractivity contribution in [2.45, 2.75) is 20.3 Å². The van der Waals surface area contributed by atoms with Crippen molar-refractivity contribution in [2.24, 2.45) is 5.10 Å². The molecule has 0 radical (unpaired) electrons. The summed E-state index contributed by atoms with van der Waals surface area (Å²) < 4.78 is 5.50. The van der Waals surface area contributed by atoms with Gasteiger partial charge in [0.15, 0.2) is 6.61 Å². The van der Waals surface area contributed by atoms with Gasteiger partial charge in [-0.05, 0) is 53.4 Å². The first kappa shape index (κ1) is 15.3. The summed E-state index contributed by atoms with van der Waals surface area (Å²) in [5.41, 5.74) is 5.73. The topological polar surface area (TPSA) is 50.7 Å². The average Bonchev–Trinajstić information content (AvgIpc) is 2.98. The van der Waals surface area contributed by atoms with Gasteiger partial charge in [-0.3, -0.25) is 4.79 Å². The standard InChI is InChI=1S/C16H18N2O2S/c1-3-13-6-12(2)7-15(8-13)20-10-16(19)18-17-9-14-4-5-21-11-14/h4-9,11H,3,10H2,1-2H3,(H,18,19)/b17-9+. The van der Waals surface area contributed by atoms with Crippen molar-refractivity contribution in [1.29, 1.82) is 0 Å². The van der Waals surface area contributed by atoms with Crippen molar-refractivity contribution in [2.75, 3.05) is 6.61 Å². The number of hydrogen-bond acceptors (Lipinski definition) is 4. The Morgan fingerprint density at radius 2 is 2.29 bits per heavy atom. The summed E-state index contributed by atoms with van der Waals surface area (Å²) in [6.07, 6.45) is 2.55. The van der Waals surface area contributed by atoms with Crippen molar-refractivity contribution in [1.82, 2.24) is 5.43 Å². The number of carbonyl (C=O) groups is 1. The maximum absolute atomic E-state index is 11.6. The molecule has 2 aromatic rings. The number of hydrogen-bond donors (Lipinski definition) is 1. The molecule has 110 valence electrons. The molecule has 0 spiro atoms. The molecule has 1 heterocycles. The number of ether oxygens (including phenoxy) is 1. The van der Waals surface area contributed by atoms with Gasteiger partial charge in [-0.25, -0.2) is 5.43 Å². The fourth-order valence-electron chi connectivity index (χ4n) is 1.82. The summed E-state index contributed by atoms with van der Waals surface area (Å²) in [6.45, 7) is 4.05. The molecule has 5 heteroatoms. The maximum Gasteiger partial charge on any atom is 0.277 e. The molecule has 0 saturated heterocycles. The van der Waals surface area contributed by atoms with E-state index >= 15 is 0 Å². The molecule has 0 aliphatic rings. The number of hydrazone groups is 1. The normalized spacial score (nSPS) is 10.8. The minimum Gasteiger partial charge on any atom is -0.484 e. The quantitative estimate of drug-likeness (QED) is 0.658. The van der Waals surface area contributed by atoms with E-state index in [4.69, 9.17) is 4.74 Å². The summed E-state index contributed by atoms with van der Waals surface area (Å²) in [6, 6.07) is 7.91. The molecule has 1 aromatic carbocycles. The van der Waals surface area contributed by atoms with E-state index in [9.17, 15) is 4.79 Å². The third-order valence-corrected chi connectivity index (χ3v) is 3.54. The third-order valence-electron chi connectivity index (χ3n) is 2.83. The molecule has 1 N–H and O–H groups in total. The van der Waals surface area contributed by atoms with Gasteiger partial charge in [0.25, 0.3) is 5.91 Å². The van der Waals surface area contributed by atoms with E-state index in [1.54, 1.807) is 17.6 Å². The van der Waals surface area contributed by atoms with Crippen molar-refractivity contribution in [3.05, 3.63) is 51.7 Å². The smallest absolute Gasteiger partial charge is 0.277 e. The molecule has 0 aliphatic heterocycles. The van der Waals surface area contributed by atoms with Gasteiger partial charge in [0, 0.05) is 5.56 Å². The zero-order valence-electron chi connectivity index (χ0n) is 12.1. The highest BCUT2D eigenvalue weighted by Crippen LogP contribution is 2.17.